The SMILES string of the molecule is c1nc(N2CCC3(CCOC3)C2)c2cn[nH]c2n1. The van der Waals surface area contributed by atoms with Gasteiger partial charge in [0, 0.05) is 25.1 Å². The Hall–Kier alpha value is -1.69. The first kappa shape index (κ1) is 10.3. The summed E-state index contributed by atoms with van der Waals surface area (Å²) in [7, 11) is 0. The zero-order chi connectivity index (χ0) is 12.0. The summed E-state index contributed by atoms with van der Waals surface area (Å²) in [6, 6.07) is 0. The second-order valence-corrected chi connectivity index (χ2v) is 5.30. The van der Waals surface area contributed by atoms with Crippen LogP contribution in [-0.2, 0) is 4.74 Å². The molecule has 1 atom stereocenters. The monoisotopic (exact) mass is 245 g/mol. The summed E-state index contributed by atoms with van der Waals surface area (Å²) in [5.41, 5.74) is 1.16. The maximum Gasteiger partial charge on any atom is 0.160 e. The number of nitrogens with one attached hydrogen (secondary N) is 1. The predicted molar refractivity (Wildman–Crippen MR) is 66.4 cm³/mol. The highest BCUT2D eigenvalue weighted by Crippen LogP contribution is 2.40. The van der Waals surface area contributed by atoms with Crippen molar-refractivity contribution in [2.24, 2.45) is 5.41 Å². The van der Waals surface area contributed by atoms with Crippen LogP contribution in [-0.4, -0.2) is 46.5 Å². The van der Waals surface area contributed by atoms with Crippen LogP contribution in [0, 0.1) is 5.41 Å². The highest BCUT2D eigenvalue weighted by molar-refractivity contribution is 5.86. The van der Waals surface area contributed by atoms with E-state index in [1.807, 2.05) is 0 Å². The number of aromatic amines is 1. The van der Waals surface area contributed by atoms with Crippen LogP contribution in [0.4, 0.5) is 5.82 Å². The molecule has 94 valence electrons. The Morgan fingerprint density at radius 1 is 1.33 bits per heavy atom. The lowest BCUT2D eigenvalue weighted by atomic mass is 9.87. The first-order valence-electron chi connectivity index (χ1n) is 6.33. The molecule has 1 unspecified atom stereocenters. The molecule has 2 saturated heterocycles. The van der Waals surface area contributed by atoms with Crippen LogP contribution in [0.3, 0.4) is 0 Å². The quantitative estimate of drug-likeness (QED) is 0.811. The second kappa shape index (κ2) is 3.65. The molecule has 0 radical (unpaired) electrons. The predicted octanol–water partition coefficient (Wildman–Crippen LogP) is 0.970. The van der Waals surface area contributed by atoms with E-state index < -0.39 is 0 Å². The van der Waals surface area contributed by atoms with Crippen LogP contribution in [0.25, 0.3) is 11.0 Å². The molecule has 0 amide bonds. The Balaban J connectivity index is 1.70. The number of aromatic nitrogens is 4. The van der Waals surface area contributed by atoms with E-state index in [0.717, 1.165) is 43.2 Å². The number of anilines is 1. The first-order chi connectivity index (χ1) is 8.86. The molecular formula is C12H15N5O. The standard InChI is InChI=1S/C12H15N5O/c1-3-17(6-12(1)2-4-18-7-12)11-9-5-15-16-10(9)13-8-14-11/h5,8H,1-4,6-7H2,(H,13,14,15,16). The van der Waals surface area contributed by atoms with Crippen LogP contribution in [0.2, 0.25) is 0 Å². The fraction of sp³-hybridized carbons (Fsp3) is 0.583. The lowest BCUT2D eigenvalue weighted by molar-refractivity contribution is 0.160. The Kier molecular flexibility index (Phi) is 2.08. The third-order valence-corrected chi connectivity index (χ3v) is 4.15. The molecule has 18 heavy (non-hydrogen) atoms. The number of hydrogen-bond acceptors (Lipinski definition) is 5. The number of hydrogen-bond donors (Lipinski definition) is 1. The highest BCUT2D eigenvalue weighted by atomic mass is 16.5. The molecule has 2 aromatic heterocycles. The normalized spacial score (nSPS) is 27.7. The maximum atomic E-state index is 5.56. The Morgan fingerprint density at radius 2 is 2.33 bits per heavy atom. The summed E-state index contributed by atoms with van der Waals surface area (Å²) in [4.78, 5) is 11.0. The molecule has 2 aromatic rings. The Bertz CT molecular complexity index is 575. The first-order valence-corrected chi connectivity index (χ1v) is 6.33. The van der Waals surface area contributed by atoms with E-state index in [2.05, 4.69) is 25.1 Å². The lowest BCUT2D eigenvalue weighted by Gasteiger charge is -2.22. The summed E-state index contributed by atoms with van der Waals surface area (Å²) in [5, 5.41) is 7.94. The van der Waals surface area contributed by atoms with Crippen molar-refractivity contribution in [3.8, 4) is 0 Å². The van der Waals surface area contributed by atoms with E-state index in [4.69, 9.17) is 4.74 Å². The average Bonchev–Trinajstić information content (AvgIpc) is 3.11. The van der Waals surface area contributed by atoms with Crippen LogP contribution in [0.15, 0.2) is 12.5 Å². The van der Waals surface area contributed by atoms with Crippen LogP contribution < -0.4 is 4.90 Å². The number of rotatable bonds is 1. The van der Waals surface area contributed by atoms with E-state index >= 15 is 0 Å². The maximum absolute atomic E-state index is 5.56. The second-order valence-electron chi connectivity index (χ2n) is 5.30. The van der Waals surface area contributed by atoms with E-state index in [-0.39, 0.29) is 0 Å². The molecule has 2 aliphatic heterocycles. The van der Waals surface area contributed by atoms with Crippen molar-refractivity contribution in [2.45, 2.75) is 12.8 Å². The molecule has 4 rings (SSSR count). The van der Waals surface area contributed by atoms with Gasteiger partial charge in [-0.05, 0) is 12.8 Å². The minimum absolute atomic E-state index is 0.348. The lowest BCUT2D eigenvalue weighted by Crippen LogP contribution is -2.28. The smallest absolute Gasteiger partial charge is 0.160 e. The van der Waals surface area contributed by atoms with Gasteiger partial charge in [-0.25, -0.2) is 9.97 Å². The molecule has 0 saturated carbocycles. The molecule has 0 aliphatic carbocycles. The highest BCUT2D eigenvalue weighted by Gasteiger charge is 2.42. The molecule has 6 heteroatoms. The van der Waals surface area contributed by atoms with Gasteiger partial charge in [-0.3, -0.25) is 5.10 Å². The fourth-order valence-electron chi connectivity index (χ4n) is 3.09. The molecule has 0 bridgehead atoms. The van der Waals surface area contributed by atoms with Gasteiger partial charge in [-0.2, -0.15) is 5.10 Å². The third-order valence-electron chi connectivity index (χ3n) is 4.15. The zero-order valence-electron chi connectivity index (χ0n) is 10.1. The summed E-state index contributed by atoms with van der Waals surface area (Å²) in [6.07, 6.45) is 5.77. The van der Waals surface area contributed by atoms with Crippen molar-refractivity contribution in [1.82, 2.24) is 20.2 Å². The molecule has 1 N–H and O–H groups in total. The fourth-order valence-corrected chi connectivity index (χ4v) is 3.09. The topological polar surface area (TPSA) is 66.9 Å². The molecule has 2 fully saturated rings. The minimum Gasteiger partial charge on any atom is -0.381 e. The summed E-state index contributed by atoms with van der Waals surface area (Å²) < 4.78 is 5.56. The van der Waals surface area contributed by atoms with E-state index in [9.17, 15) is 0 Å². The third kappa shape index (κ3) is 1.42. The largest absolute Gasteiger partial charge is 0.381 e. The van der Waals surface area contributed by atoms with Gasteiger partial charge in [0.1, 0.15) is 12.1 Å². The van der Waals surface area contributed by atoms with Crippen molar-refractivity contribution >= 4 is 16.9 Å². The number of H-pyrrole nitrogens is 1. The molecular weight excluding hydrogens is 230 g/mol. The molecule has 6 nitrogen and oxygen atoms in total. The van der Waals surface area contributed by atoms with E-state index in [0.29, 0.717) is 5.41 Å². The minimum atomic E-state index is 0.348. The van der Waals surface area contributed by atoms with Crippen molar-refractivity contribution in [3.05, 3.63) is 12.5 Å². The van der Waals surface area contributed by atoms with Crippen molar-refractivity contribution in [2.75, 3.05) is 31.2 Å². The van der Waals surface area contributed by atoms with Gasteiger partial charge >= 0.3 is 0 Å². The summed E-state index contributed by atoms with van der Waals surface area (Å²) in [6.45, 7) is 3.87. The number of nitrogens with zero attached hydrogens (tertiary/aromatic N) is 4. The molecule has 0 aromatic carbocycles. The number of ether oxygens (including phenoxy) is 1. The van der Waals surface area contributed by atoms with Gasteiger partial charge in [0.25, 0.3) is 0 Å². The van der Waals surface area contributed by atoms with Crippen LogP contribution in [0.5, 0.6) is 0 Å². The average molecular weight is 245 g/mol. The van der Waals surface area contributed by atoms with Crippen molar-refractivity contribution < 1.29 is 4.74 Å². The molecule has 1 spiro atoms. The molecule has 4 heterocycles. The van der Waals surface area contributed by atoms with Gasteiger partial charge in [-0.1, -0.05) is 0 Å². The Labute approximate surface area is 104 Å². The van der Waals surface area contributed by atoms with E-state index in [1.54, 1.807) is 12.5 Å². The van der Waals surface area contributed by atoms with Crippen LogP contribution >= 0.6 is 0 Å². The van der Waals surface area contributed by atoms with Gasteiger partial charge in [0.15, 0.2) is 5.65 Å². The van der Waals surface area contributed by atoms with Gasteiger partial charge in [0.2, 0.25) is 0 Å². The van der Waals surface area contributed by atoms with Crippen LogP contribution in [0.1, 0.15) is 12.8 Å². The van der Waals surface area contributed by atoms with Gasteiger partial charge in [0.05, 0.1) is 18.2 Å². The number of fused-ring (bicyclic) bond motifs is 1. The van der Waals surface area contributed by atoms with Gasteiger partial charge in [-0.15, -0.1) is 0 Å². The van der Waals surface area contributed by atoms with E-state index in [1.165, 1.54) is 12.8 Å². The summed E-state index contributed by atoms with van der Waals surface area (Å²) >= 11 is 0. The van der Waals surface area contributed by atoms with Crippen molar-refractivity contribution in [3.63, 3.8) is 0 Å². The Morgan fingerprint density at radius 3 is 3.22 bits per heavy atom. The zero-order valence-corrected chi connectivity index (χ0v) is 10.1. The van der Waals surface area contributed by atoms with Gasteiger partial charge < -0.3 is 9.64 Å². The molecule has 2 aliphatic rings. The van der Waals surface area contributed by atoms with Crippen molar-refractivity contribution in [1.29, 1.82) is 0 Å². The summed E-state index contributed by atoms with van der Waals surface area (Å²) in [5.74, 6) is 0.998.